The van der Waals surface area contributed by atoms with Gasteiger partial charge in [-0.05, 0) is 55.1 Å². The van der Waals surface area contributed by atoms with Gasteiger partial charge >= 0.3 is 0 Å². The first kappa shape index (κ1) is 20.2. The second-order valence-corrected chi connectivity index (χ2v) is 8.54. The lowest BCUT2D eigenvalue weighted by molar-refractivity contribution is -0.111. The standard InChI is InChI=1S/C20H22FN3O3S/c1-23-12-14-24(15-13-23)28(26,27)19-9-7-18(8-10-19)22-20(25)11-4-16-2-5-17(21)6-3-16/h2-11H,12-15H2,1H3,(H,22,25)/b11-4+. The van der Waals surface area contributed by atoms with Crippen molar-refractivity contribution < 1.29 is 17.6 Å². The highest BCUT2D eigenvalue weighted by atomic mass is 32.2. The molecular formula is C20H22FN3O3S. The van der Waals surface area contributed by atoms with Crippen molar-refractivity contribution in [2.24, 2.45) is 0 Å². The Labute approximate surface area is 164 Å². The maximum Gasteiger partial charge on any atom is 0.248 e. The molecule has 1 heterocycles. The molecule has 0 spiro atoms. The molecule has 1 aliphatic heterocycles. The van der Waals surface area contributed by atoms with Crippen molar-refractivity contribution in [2.75, 3.05) is 38.5 Å². The number of amides is 1. The number of likely N-dealkylation sites (N-methyl/N-ethyl adjacent to an activating group) is 1. The number of anilines is 1. The van der Waals surface area contributed by atoms with Crippen molar-refractivity contribution in [1.29, 1.82) is 0 Å². The summed E-state index contributed by atoms with van der Waals surface area (Å²) in [5.74, 6) is -0.702. The molecule has 3 rings (SSSR count). The van der Waals surface area contributed by atoms with Crippen LogP contribution in [0.15, 0.2) is 59.5 Å². The highest BCUT2D eigenvalue weighted by molar-refractivity contribution is 7.89. The van der Waals surface area contributed by atoms with E-state index in [0.717, 1.165) is 0 Å². The van der Waals surface area contributed by atoms with Crippen LogP contribution < -0.4 is 5.32 Å². The number of nitrogens with zero attached hydrogens (tertiary/aromatic N) is 2. The number of halogens is 1. The lowest BCUT2D eigenvalue weighted by atomic mass is 10.2. The summed E-state index contributed by atoms with van der Waals surface area (Å²) in [4.78, 5) is 14.3. The number of carbonyl (C=O) groups is 1. The summed E-state index contributed by atoms with van der Waals surface area (Å²) in [5, 5.41) is 2.67. The molecule has 0 saturated carbocycles. The Kier molecular flexibility index (Phi) is 6.23. The summed E-state index contributed by atoms with van der Waals surface area (Å²) in [6.07, 6.45) is 2.91. The van der Waals surface area contributed by atoms with Crippen LogP contribution in [0.4, 0.5) is 10.1 Å². The van der Waals surface area contributed by atoms with Gasteiger partial charge in [-0.2, -0.15) is 4.31 Å². The van der Waals surface area contributed by atoms with E-state index in [0.29, 0.717) is 37.4 Å². The largest absolute Gasteiger partial charge is 0.323 e. The third kappa shape index (κ3) is 5.03. The first-order chi connectivity index (χ1) is 13.3. The third-order valence-electron chi connectivity index (χ3n) is 4.52. The number of piperazine rings is 1. The molecule has 0 aliphatic carbocycles. The first-order valence-corrected chi connectivity index (χ1v) is 10.3. The van der Waals surface area contributed by atoms with Crippen LogP contribution in [0, 0.1) is 5.82 Å². The Bertz CT molecular complexity index is 949. The molecule has 0 atom stereocenters. The van der Waals surface area contributed by atoms with E-state index in [2.05, 4.69) is 10.2 Å². The molecule has 1 aliphatic rings. The molecule has 8 heteroatoms. The molecule has 6 nitrogen and oxygen atoms in total. The van der Waals surface area contributed by atoms with Gasteiger partial charge in [-0.1, -0.05) is 12.1 Å². The summed E-state index contributed by atoms with van der Waals surface area (Å²) in [6.45, 7) is 2.33. The number of rotatable bonds is 5. The Morgan fingerprint density at radius 1 is 1.00 bits per heavy atom. The highest BCUT2D eigenvalue weighted by Gasteiger charge is 2.27. The van der Waals surface area contributed by atoms with E-state index < -0.39 is 10.0 Å². The van der Waals surface area contributed by atoms with Crippen LogP contribution in [-0.4, -0.2) is 56.8 Å². The summed E-state index contributed by atoms with van der Waals surface area (Å²) in [6, 6.07) is 11.9. The Balaban J connectivity index is 1.62. The van der Waals surface area contributed by atoms with Gasteiger partial charge in [0.25, 0.3) is 0 Å². The van der Waals surface area contributed by atoms with Crippen molar-refractivity contribution in [2.45, 2.75) is 4.90 Å². The fraction of sp³-hybridized carbons (Fsp3) is 0.250. The number of hydrogen-bond acceptors (Lipinski definition) is 4. The Morgan fingerprint density at radius 3 is 2.21 bits per heavy atom. The van der Waals surface area contributed by atoms with Crippen molar-refractivity contribution in [1.82, 2.24) is 9.21 Å². The SMILES string of the molecule is CN1CCN(S(=O)(=O)c2ccc(NC(=O)/C=C/c3ccc(F)cc3)cc2)CC1. The maximum atomic E-state index is 12.9. The minimum atomic E-state index is -3.53. The Morgan fingerprint density at radius 2 is 1.61 bits per heavy atom. The molecule has 2 aromatic rings. The van der Waals surface area contributed by atoms with Gasteiger partial charge in [0.15, 0.2) is 0 Å². The molecule has 2 aromatic carbocycles. The summed E-state index contributed by atoms with van der Waals surface area (Å²) in [7, 11) is -1.57. The summed E-state index contributed by atoms with van der Waals surface area (Å²) in [5.41, 5.74) is 1.19. The van der Waals surface area contributed by atoms with Gasteiger partial charge in [-0.15, -0.1) is 0 Å². The zero-order chi connectivity index (χ0) is 20.1. The van der Waals surface area contributed by atoms with Gasteiger partial charge in [0.05, 0.1) is 4.90 Å². The van der Waals surface area contributed by atoms with E-state index in [1.54, 1.807) is 30.3 Å². The van der Waals surface area contributed by atoms with E-state index in [4.69, 9.17) is 0 Å². The minimum absolute atomic E-state index is 0.205. The van der Waals surface area contributed by atoms with Gasteiger partial charge in [0, 0.05) is 37.9 Å². The van der Waals surface area contributed by atoms with E-state index in [9.17, 15) is 17.6 Å². The van der Waals surface area contributed by atoms with Crippen LogP contribution in [0.3, 0.4) is 0 Å². The maximum absolute atomic E-state index is 12.9. The zero-order valence-corrected chi connectivity index (χ0v) is 16.3. The monoisotopic (exact) mass is 403 g/mol. The average Bonchev–Trinajstić information content (AvgIpc) is 2.68. The number of carbonyl (C=O) groups excluding carboxylic acids is 1. The third-order valence-corrected chi connectivity index (χ3v) is 6.43. The van der Waals surface area contributed by atoms with Crippen molar-refractivity contribution >= 4 is 27.7 Å². The van der Waals surface area contributed by atoms with Crippen LogP contribution in [0.2, 0.25) is 0 Å². The van der Waals surface area contributed by atoms with Crippen LogP contribution in [0.25, 0.3) is 6.08 Å². The molecule has 1 saturated heterocycles. The fourth-order valence-corrected chi connectivity index (χ4v) is 4.24. The lowest BCUT2D eigenvalue weighted by Gasteiger charge is -2.31. The second kappa shape index (κ2) is 8.64. The molecule has 1 N–H and O–H groups in total. The predicted octanol–water partition coefficient (Wildman–Crippen LogP) is 2.41. The minimum Gasteiger partial charge on any atom is -0.323 e. The molecule has 1 fully saturated rings. The van der Waals surface area contributed by atoms with Crippen LogP contribution in [-0.2, 0) is 14.8 Å². The zero-order valence-electron chi connectivity index (χ0n) is 15.5. The molecule has 0 aromatic heterocycles. The van der Waals surface area contributed by atoms with E-state index >= 15 is 0 Å². The molecule has 28 heavy (non-hydrogen) atoms. The number of benzene rings is 2. The van der Waals surface area contributed by atoms with E-state index in [1.165, 1.54) is 34.6 Å². The Hall–Kier alpha value is -2.55. The fourth-order valence-electron chi connectivity index (χ4n) is 2.82. The van der Waals surface area contributed by atoms with Gasteiger partial charge in [0.2, 0.25) is 15.9 Å². The normalized spacial score (nSPS) is 16.4. The predicted molar refractivity (Wildman–Crippen MR) is 107 cm³/mol. The van der Waals surface area contributed by atoms with Crippen molar-refractivity contribution in [3.8, 4) is 0 Å². The first-order valence-electron chi connectivity index (χ1n) is 8.88. The number of nitrogens with one attached hydrogen (secondary N) is 1. The topological polar surface area (TPSA) is 69.7 Å². The molecule has 1 amide bonds. The molecular weight excluding hydrogens is 381 g/mol. The van der Waals surface area contributed by atoms with Gasteiger partial charge < -0.3 is 10.2 Å². The van der Waals surface area contributed by atoms with Gasteiger partial charge in [0.1, 0.15) is 5.82 Å². The highest BCUT2D eigenvalue weighted by Crippen LogP contribution is 2.19. The van der Waals surface area contributed by atoms with Gasteiger partial charge in [-0.3, -0.25) is 4.79 Å². The number of sulfonamides is 1. The lowest BCUT2D eigenvalue weighted by Crippen LogP contribution is -2.46. The van der Waals surface area contributed by atoms with Crippen LogP contribution >= 0.6 is 0 Å². The van der Waals surface area contributed by atoms with E-state index in [-0.39, 0.29) is 16.6 Å². The van der Waals surface area contributed by atoms with E-state index in [1.807, 2.05) is 7.05 Å². The average molecular weight is 403 g/mol. The molecule has 0 radical (unpaired) electrons. The smallest absolute Gasteiger partial charge is 0.248 e. The molecule has 0 unspecified atom stereocenters. The second-order valence-electron chi connectivity index (χ2n) is 6.61. The molecule has 148 valence electrons. The van der Waals surface area contributed by atoms with Crippen LogP contribution in [0.5, 0.6) is 0 Å². The van der Waals surface area contributed by atoms with Crippen molar-refractivity contribution in [3.63, 3.8) is 0 Å². The summed E-state index contributed by atoms with van der Waals surface area (Å²) < 4.78 is 39.7. The van der Waals surface area contributed by atoms with Gasteiger partial charge in [-0.25, -0.2) is 12.8 Å². The van der Waals surface area contributed by atoms with Crippen molar-refractivity contribution in [3.05, 3.63) is 66.0 Å². The van der Waals surface area contributed by atoms with Crippen LogP contribution in [0.1, 0.15) is 5.56 Å². The molecule has 0 bridgehead atoms. The quantitative estimate of drug-likeness (QED) is 0.779. The summed E-state index contributed by atoms with van der Waals surface area (Å²) >= 11 is 0. The number of hydrogen-bond donors (Lipinski definition) is 1.